The number of methoxy groups -OCH3 is 2. The van der Waals surface area contributed by atoms with E-state index in [0.717, 1.165) is 22.7 Å². The molecule has 0 radical (unpaired) electrons. The van der Waals surface area contributed by atoms with Crippen LogP contribution in [0.2, 0.25) is 0 Å². The zero-order chi connectivity index (χ0) is 23.2. The summed E-state index contributed by atoms with van der Waals surface area (Å²) >= 11 is 2.45. The van der Waals surface area contributed by atoms with E-state index in [1.165, 1.54) is 30.6 Å². The Morgan fingerprint density at radius 2 is 1.88 bits per heavy atom. The molecule has 2 aromatic carbocycles. The number of carbonyl (C=O) groups excluding carboxylic acids is 1. The van der Waals surface area contributed by atoms with Gasteiger partial charge in [-0.25, -0.2) is 9.18 Å². The quantitative estimate of drug-likeness (QED) is 0.408. The van der Waals surface area contributed by atoms with Crippen molar-refractivity contribution in [1.29, 1.82) is 0 Å². The van der Waals surface area contributed by atoms with Gasteiger partial charge in [-0.2, -0.15) is 8.75 Å². The molecule has 4 aromatic rings. The summed E-state index contributed by atoms with van der Waals surface area (Å²) in [7, 11) is 2.91. The summed E-state index contributed by atoms with van der Waals surface area (Å²) in [4.78, 5) is 13.9. The van der Waals surface area contributed by atoms with Crippen LogP contribution < -0.4 is 9.47 Å². The number of carbonyl (C=O) groups is 1. The number of fused-ring (bicyclic) bond motifs is 1. The number of thiophene rings is 1. The van der Waals surface area contributed by atoms with Crippen molar-refractivity contribution in [3.05, 3.63) is 75.9 Å². The first-order valence-electron chi connectivity index (χ1n) is 9.81. The molecule has 10 heteroatoms. The van der Waals surface area contributed by atoms with Crippen molar-refractivity contribution in [3.63, 3.8) is 0 Å². The SMILES string of the molecule is COc1ccc(CC2=C(c3ccc4nsnc4c3)C(=O)OC2(O)c2ccc(OC)c(F)c2)s1. The molecule has 33 heavy (non-hydrogen) atoms. The maximum atomic E-state index is 14.5. The average Bonchev–Trinajstić information content (AvgIpc) is 3.52. The fourth-order valence-electron chi connectivity index (χ4n) is 3.82. The molecular weight excluding hydrogens is 467 g/mol. The van der Waals surface area contributed by atoms with Crippen LogP contribution in [0.4, 0.5) is 4.39 Å². The van der Waals surface area contributed by atoms with Gasteiger partial charge in [-0.05, 0) is 48.0 Å². The van der Waals surface area contributed by atoms with Crippen molar-refractivity contribution in [3.8, 4) is 10.8 Å². The first kappa shape index (κ1) is 21.5. The van der Waals surface area contributed by atoms with Gasteiger partial charge in [-0.3, -0.25) is 0 Å². The van der Waals surface area contributed by atoms with Crippen molar-refractivity contribution >= 4 is 45.6 Å². The third-order valence-electron chi connectivity index (χ3n) is 5.43. The molecule has 1 aliphatic rings. The van der Waals surface area contributed by atoms with Crippen LogP contribution in [0.1, 0.15) is 16.0 Å². The molecule has 1 aliphatic heterocycles. The molecule has 2 aromatic heterocycles. The number of aromatic nitrogens is 2. The molecule has 5 rings (SSSR count). The van der Waals surface area contributed by atoms with Crippen molar-refractivity contribution in [1.82, 2.24) is 8.75 Å². The third kappa shape index (κ3) is 3.65. The first-order valence-corrected chi connectivity index (χ1v) is 11.4. The number of cyclic esters (lactones) is 1. The van der Waals surface area contributed by atoms with Gasteiger partial charge >= 0.3 is 5.97 Å². The molecule has 0 saturated carbocycles. The minimum Gasteiger partial charge on any atom is -0.494 e. The van der Waals surface area contributed by atoms with Crippen molar-refractivity contribution < 1.29 is 28.5 Å². The fraction of sp³-hybridized carbons (Fsp3) is 0.174. The van der Waals surface area contributed by atoms with Gasteiger partial charge in [0, 0.05) is 22.4 Å². The number of hydrogen-bond donors (Lipinski definition) is 1. The zero-order valence-corrected chi connectivity index (χ0v) is 19.1. The van der Waals surface area contributed by atoms with Gasteiger partial charge in [0.25, 0.3) is 5.79 Å². The Hall–Kier alpha value is -3.34. The summed E-state index contributed by atoms with van der Waals surface area (Å²) in [6.07, 6.45) is 0.187. The Morgan fingerprint density at radius 3 is 2.61 bits per heavy atom. The highest BCUT2D eigenvalue weighted by Crippen LogP contribution is 2.46. The van der Waals surface area contributed by atoms with Crippen LogP contribution in [-0.4, -0.2) is 34.0 Å². The monoisotopic (exact) mass is 484 g/mol. The normalized spacial score (nSPS) is 18.1. The largest absolute Gasteiger partial charge is 0.494 e. The third-order valence-corrected chi connectivity index (χ3v) is 7.03. The van der Waals surface area contributed by atoms with Gasteiger partial charge in [-0.1, -0.05) is 6.07 Å². The van der Waals surface area contributed by atoms with Gasteiger partial charge in [0.2, 0.25) is 0 Å². The topological polar surface area (TPSA) is 90.8 Å². The highest BCUT2D eigenvalue weighted by Gasteiger charge is 2.48. The summed E-state index contributed by atoms with van der Waals surface area (Å²) in [5.41, 5.74) is 2.44. The lowest BCUT2D eigenvalue weighted by atomic mass is 9.89. The number of hydrogen-bond acceptors (Lipinski definition) is 9. The molecule has 0 amide bonds. The molecule has 0 aliphatic carbocycles. The fourth-order valence-corrected chi connectivity index (χ4v) is 5.17. The molecule has 7 nitrogen and oxygen atoms in total. The lowest BCUT2D eigenvalue weighted by molar-refractivity contribution is -0.185. The number of ether oxygens (including phenoxy) is 3. The molecule has 1 unspecified atom stereocenters. The molecule has 0 saturated heterocycles. The van der Waals surface area contributed by atoms with Gasteiger partial charge in [0.1, 0.15) is 11.0 Å². The Morgan fingerprint density at radius 1 is 1.06 bits per heavy atom. The Bertz CT molecular complexity index is 1410. The molecule has 168 valence electrons. The Kier molecular flexibility index (Phi) is 5.35. The number of rotatable bonds is 6. The summed E-state index contributed by atoms with van der Waals surface area (Å²) in [6, 6.07) is 12.8. The van der Waals surface area contributed by atoms with E-state index in [9.17, 15) is 14.3 Å². The van der Waals surface area contributed by atoms with Crippen molar-refractivity contribution in [2.24, 2.45) is 0 Å². The summed E-state index contributed by atoms with van der Waals surface area (Å²) in [5, 5.41) is 12.3. The summed E-state index contributed by atoms with van der Waals surface area (Å²) < 4.78 is 38.7. The minimum atomic E-state index is -2.16. The lowest BCUT2D eigenvalue weighted by Crippen LogP contribution is -2.29. The van der Waals surface area contributed by atoms with Crippen molar-refractivity contribution in [2.45, 2.75) is 12.2 Å². The molecule has 1 N–H and O–H groups in total. The number of esters is 1. The summed E-state index contributed by atoms with van der Waals surface area (Å²) in [5.74, 6) is -3.54. The molecule has 3 heterocycles. The maximum absolute atomic E-state index is 14.5. The second kappa shape index (κ2) is 8.22. The average molecular weight is 485 g/mol. The minimum absolute atomic E-state index is 0.0157. The van der Waals surface area contributed by atoms with Gasteiger partial charge in [-0.15, -0.1) is 11.3 Å². The summed E-state index contributed by atoms with van der Waals surface area (Å²) in [6.45, 7) is 0. The predicted octanol–water partition coefficient (Wildman–Crippen LogP) is 4.31. The smallest absolute Gasteiger partial charge is 0.342 e. The molecular formula is C23H17FN2O5S2. The van der Waals surface area contributed by atoms with Crippen LogP contribution in [0.5, 0.6) is 10.8 Å². The molecule has 0 bridgehead atoms. The highest BCUT2D eigenvalue weighted by atomic mass is 32.1. The van der Waals surface area contributed by atoms with E-state index in [1.807, 2.05) is 6.07 Å². The van der Waals surface area contributed by atoms with Gasteiger partial charge in [0.15, 0.2) is 16.6 Å². The molecule has 1 atom stereocenters. The van der Waals surface area contributed by atoms with Crippen LogP contribution in [0.15, 0.2) is 54.1 Å². The number of halogens is 1. The van der Waals surface area contributed by atoms with E-state index >= 15 is 0 Å². The number of nitrogens with zero attached hydrogens (tertiary/aromatic N) is 2. The lowest BCUT2D eigenvalue weighted by Gasteiger charge is -2.25. The standard InChI is InChI=1S/C23H17FN2O5S2/c1-29-19-7-4-13(10-16(19)24)23(28)15(11-14-5-8-20(30-2)32-14)21(22(27)31-23)12-3-6-17-18(9-12)26-33-25-17/h3-10,28H,11H2,1-2H3. The van der Waals surface area contributed by atoms with E-state index < -0.39 is 17.6 Å². The maximum Gasteiger partial charge on any atom is 0.342 e. The van der Waals surface area contributed by atoms with Gasteiger partial charge in [0.05, 0.1) is 31.5 Å². The van der Waals surface area contributed by atoms with Gasteiger partial charge < -0.3 is 19.3 Å². The van der Waals surface area contributed by atoms with Crippen LogP contribution in [0.3, 0.4) is 0 Å². The van der Waals surface area contributed by atoms with E-state index in [4.69, 9.17) is 14.2 Å². The van der Waals surface area contributed by atoms with E-state index in [-0.39, 0.29) is 23.3 Å². The first-order chi connectivity index (χ1) is 15.9. The molecule has 0 spiro atoms. The highest BCUT2D eigenvalue weighted by molar-refractivity contribution is 7.13. The van der Waals surface area contributed by atoms with Crippen LogP contribution >= 0.6 is 23.1 Å². The van der Waals surface area contributed by atoms with Crippen molar-refractivity contribution in [2.75, 3.05) is 14.2 Å². The van der Waals surface area contributed by atoms with E-state index in [1.54, 1.807) is 31.4 Å². The predicted molar refractivity (Wildman–Crippen MR) is 122 cm³/mol. The zero-order valence-electron chi connectivity index (χ0n) is 17.5. The Labute approximate surface area is 196 Å². The van der Waals surface area contributed by atoms with Crippen LogP contribution in [-0.2, 0) is 21.7 Å². The van der Waals surface area contributed by atoms with E-state index in [0.29, 0.717) is 27.2 Å². The van der Waals surface area contributed by atoms with E-state index in [2.05, 4.69) is 8.75 Å². The number of aliphatic hydroxyl groups is 1. The van der Waals surface area contributed by atoms with Crippen LogP contribution in [0.25, 0.3) is 16.6 Å². The second-order valence-electron chi connectivity index (χ2n) is 7.31. The second-order valence-corrected chi connectivity index (χ2v) is 8.97. The van der Waals surface area contributed by atoms with Crippen LogP contribution in [0, 0.1) is 5.82 Å². The molecule has 0 fully saturated rings. The Balaban J connectivity index is 1.69. The number of benzene rings is 2.